The molecule has 0 spiro atoms. The molecule has 0 atom stereocenters. The predicted octanol–water partition coefficient (Wildman–Crippen LogP) is 3.49. The third-order valence-corrected chi connectivity index (χ3v) is 3.68. The van der Waals surface area contributed by atoms with Crippen molar-refractivity contribution in [1.29, 1.82) is 0 Å². The van der Waals surface area contributed by atoms with Gasteiger partial charge in [-0.15, -0.1) is 0 Å². The van der Waals surface area contributed by atoms with Crippen molar-refractivity contribution in [2.24, 2.45) is 0 Å². The molecule has 7 nitrogen and oxygen atoms in total. The molecule has 2 aromatic rings. The summed E-state index contributed by atoms with van der Waals surface area (Å²) in [6.45, 7) is 5.40. The number of nitrogens with one attached hydrogen (secondary N) is 2. The first-order valence-corrected chi connectivity index (χ1v) is 9.13. The number of hydrogen-bond donors (Lipinski definition) is 2. The van der Waals surface area contributed by atoms with Gasteiger partial charge in [-0.25, -0.2) is 4.98 Å². The fourth-order valence-electron chi connectivity index (χ4n) is 2.35. The first-order valence-electron chi connectivity index (χ1n) is 9.13. The molecule has 1 heterocycles. The number of aromatic nitrogens is 2. The van der Waals surface area contributed by atoms with Crippen molar-refractivity contribution in [3.8, 4) is 29.0 Å². The minimum atomic E-state index is -4.54. The zero-order valence-electron chi connectivity index (χ0n) is 16.6. The van der Waals surface area contributed by atoms with Crippen LogP contribution in [0, 0.1) is 11.8 Å². The summed E-state index contributed by atoms with van der Waals surface area (Å²) in [6, 6.07) is 4.52. The average Bonchev–Trinajstić information content (AvgIpc) is 3.19. The molecule has 30 heavy (non-hydrogen) atoms. The van der Waals surface area contributed by atoms with Gasteiger partial charge in [0.2, 0.25) is 0 Å². The van der Waals surface area contributed by atoms with Gasteiger partial charge in [0.15, 0.2) is 0 Å². The standard InChI is InChI=1S/C20H22F3N3O4/c1-3-5-18(27)25-15-12-14(19-24-13-17(26-19)20(21,22)23)6-7-16(15)30-11-10-29-9-8-28-4-2/h6-7,12-13H,4,8-11H2,1-2H3,(H,24,26)(H,25,27). The van der Waals surface area contributed by atoms with Crippen molar-refractivity contribution >= 4 is 11.6 Å². The number of alkyl halides is 3. The Bertz CT molecular complexity index is 901. The van der Waals surface area contributed by atoms with E-state index in [4.69, 9.17) is 14.2 Å². The van der Waals surface area contributed by atoms with Crippen LogP contribution in [-0.4, -0.2) is 48.9 Å². The normalized spacial score (nSPS) is 11.0. The van der Waals surface area contributed by atoms with Gasteiger partial charge in [-0.1, -0.05) is 5.92 Å². The van der Waals surface area contributed by atoms with Gasteiger partial charge in [-0.3, -0.25) is 4.79 Å². The van der Waals surface area contributed by atoms with Crippen molar-refractivity contribution < 1.29 is 32.2 Å². The fourth-order valence-corrected chi connectivity index (χ4v) is 2.35. The SMILES string of the molecule is CC#CC(=O)Nc1cc(-c2ncc(C(F)(F)F)[nH]2)ccc1OCCOCCOCC. The number of hydrogen-bond acceptors (Lipinski definition) is 5. The summed E-state index contributed by atoms with van der Waals surface area (Å²) in [7, 11) is 0. The second-order valence-electron chi connectivity index (χ2n) is 5.84. The van der Waals surface area contributed by atoms with E-state index in [0.717, 1.165) is 0 Å². The van der Waals surface area contributed by atoms with Gasteiger partial charge in [-0.2, -0.15) is 13.2 Å². The first kappa shape index (κ1) is 23.3. The van der Waals surface area contributed by atoms with Gasteiger partial charge in [0.1, 0.15) is 23.9 Å². The molecule has 1 aromatic heterocycles. The Morgan fingerprint density at radius 3 is 2.60 bits per heavy atom. The highest BCUT2D eigenvalue weighted by atomic mass is 19.4. The van der Waals surface area contributed by atoms with Crippen molar-refractivity contribution in [3.05, 3.63) is 30.1 Å². The molecule has 2 N–H and O–H groups in total. The minimum Gasteiger partial charge on any atom is -0.489 e. The number of imidazole rings is 1. The third-order valence-electron chi connectivity index (χ3n) is 3.68. The molecule has 0 bridgehead atoms. The molecule has 162 valence electrons. The summed E-state index contributed by atoms with van der Waals surface area (Å²) in [4.78, 5) is 17.9. The van der Waals surface area contributed by atoms with E-state index in [1.54, 1.807) is 0 Å². The van der Waals surface area contributed by atoms with Gasteiger partial charge >= 0.3 is 6.18 Å². The van der Waals surface area contributed by atoms with Crippen LogP contribution in [0.5, 0.6) is 5.75 Å². The number of aromatic amines is 1. The number of benzene rings is 1. The summed E-state index contributed by atoms with van der Waals surface area (Å²) in [5, 5.41) is 2.57. The smallest absolute Gasteiger partial charge is 0.432 e. The highest BCUT2D eigenvalue weighted by molar-refractivity contribution is 6.05. The molecule has 2 rings (SSSR count). The quantitative estimate of drug-likeness (QED) is 0.450. The highest BCUT2D eigenvalue weighted by Crippen LogP contribution is 2.32. The molecule has 0 unspecified atom stereocenters. The third kappa shape index (κ3) is 7.09. The molecule has 0 saturated heterocycles. The molecule has 0 aliphatic heterocycles. The van der Waals surface area contributed by atoms with Crippen LogP contribution in [0.15, 0.2) is 24.4 Å². The van der Waals surface area contributed by atoms with Crippen LogP contribution in [-0.2, 0) is 20.4 Å². The molecular formula is C20H22F3N3O4. The minimum absolute atomic E-state index is 0.00482. The molecule has 0 aliphatic rings. The number of H-pyrrole nitrogens is 1. The van der Waals surface area contributed by atoms with Crippen LogP contribution in [0.3, 0.4) is 0 Å². The Hall–Kier alpha value is -3.03. The maximum Gasteiger partial charge on any atom is 0.432 e. The number of carbonyl (C=O) groups is 1. The van der Waals surface area contributed by atoms with Crippen LogP contribution >= 0.6 is 0 Å². The lowest BCUT2D eigenvalue weighted by Gasteiger charge is -2.13. The summed E-state index contributed by atoms with van der Waals surface area (Å²) in [5.74, 6) is 4.55. The average molecular weight is 425 g/mol. The van der Waals surface area contributed by atoms with Crippen LogP contribution in [0.25, 0.3) is 11.4 Å². The second-order valence-corrected chi connectivity index (χ2v) is 5.84. The van der Waals surface area contributed by atoms with Crippen molar-refractivity contribution in [2.75, 3.05) is 38.4 Å². The lowest BCUT2D eigenvalue weighted by molar-refractivity contribution is -0.140. The summed E-state index contributed by atoms with van der Waals surface area (Å²) < 4.78 is 54.6. The Kier molecular flexibility index (Phi) is 8.70. The van der Waals surface area contributed by atoms with E-state index in [9.17, 15) is 18.0 Å². The van der Waals surface area contributed by atoms with E-state index >= 15 is 0 Å². The second kappa shape index (κ2) is 11.2. The first-order chi connectivity index (χ1) is 14.3. The van der Waals surface area contributed by atoms with E-state index in [2.05, 4.69) is 27.1 Å². The van der Waals surface area contributed by atoms with E-state index in [1.807, 2.05) is 6.92 Å². The Morgan fingerprint density at radius 2 is 1.93 bits per heavy atom. The molecule has 0 aliphatic carbocycles. The Balaban J connectivity index is 2.13. The Morgan fingerprint density at radius 1 is 1.20 bits per heavy atom. The van der Waals surface area contributed by atoms with Crippen molar-refractivity contribution in [1.82, 2.24) is 9.97 Å². The highest BCUT2D eigenvalue weighted by Gasteiger charge is 2.33. The Labute approximate surface area is 171 Å². The maximum absolute atomic E-state index is 12.8. The zero-order valence-corrected chi connectivity index (χ0v) is 16.6. The fraction of sp³-hybridized carbons (Fsp3) is 0.400. The van der Waals surface area contributed by atoms with Gasteiger partial charge in [0.05, 0.1) is 31.7 Å². The van der Waals surface area contributed by atoms with Crippen molar-refractivity contribution in [3.63, 3.8) is 0 Å². The van der Waals surface area contributed by atoms with Crippen LogP contribution in [0.2, 0.25) is 0 Å². The maximum atomic E-state index is 12.8. The molecule has 0 radical (unpaired) electrons. The topological polar surface area (TPSA) is 85.5 Å². The number of nitrogens with zero attached hydrogens (tertiary/aromatic N) is 1. The van der Waals surface area contributed by atoms with Crippen LogP contribution < -0.4 is 10.1 Å². The molecule has 1 aromatic carbocycles. The number of carbonyl (C=O) groups excluding carboxylic acids is 1. The summed E-state index contributed by atoms with van der Waals surface area (Å²) in [5.41, 5.74) is -0.380. The summed E-state index contributed by atoms with van der Waals surface area (Å²) >= 11 is 0. The molecular weight excluding hydrogens is 403 g/mol. The number of anilines is 1. The number of halogens is 3. The molecule has 10 heteroatoms. The predicted molar refractivity (Wildman–Crippen MR) is 104 cm³/mol. The van der Waals surface area contributed by atoms with Gasteiger partial charge in [0.25, 0.3) is 5.91 Å². The largest absolute Gasteiger partial charge is 0.489 e. The van der Waals surface area contributed by atoms with Gasteiger partial charge in [-0.05, 0) is 38.0 Å². The summed E-state index contributed by atoms with van der Waals surface area (Å²) in [6.07, 6.45) is -3.83. The van der Waals surface area contributed by atoms with Crippen LogP contribution in [0.1, 0.15) is 19.5 Å². The molecule has 1 amide bonds. The lowest BCUT2D eigenvalue weighted by Crippen LogP contribution is -2.13. The van der Waals surface area contributed by atoms with E-state index in [1.165, 1.54) is 25.1 Å². The molecule has 0 fully saturated rings. The number of ether oxygens (including phenoxy) is 3. The number of rotatable bonds is 10. The number of amides is 1. The van der Waals surface area contributed by atoms with Gasteiger partial charge in [0, 0.05) is 12.2 Å². The lowest BCUT2D eigenvalue weighted by atomic mass is 10.1. The monoisotopic (exact) mass is 425 g/mol. The van der Waals surface area contributed by atoms with E-state index in [-0.39, 0.29) is 18.1 Å². The zero-order chi connectivity index (χ0) is 22.0. The van der Waals surface area contributed by atoms with Crippen molar-refractivity contribution in [2.45, 2.75) is 20.0 Å². The van der Waals surface area contributed by atoms with Crippen LogP contribution in [0.4, 0.5) is 18.9 Å². The van der Waals surface area contributed by atoms with Gasteiger partial charge < -0.3 is 24.5 Å². The van der Waals surface area contributed by atoms with E-state index < -0.39 is 17.8 Å². The van der Waals surface area contributed by atoms with E-state index in [0.29, 0.717) is 43.9 Å². The molecule has 0 saturated carbocycles.